The maximum Gasteiger partial charge on any atom is 0.341 e. The number of hydrogen-bond acceptors (Lipinski definition) is 5. The molecule has 4 rings (SSSR count). The molecule has 182 valence electrons. The third-order valence-corrected chi connectivity index (χ3v) is 7.59. The van der Waals surface area contributed by atoms with Crippen molar-refractivity contribution in [3.05, 3.63) is 97.9 Å². The van der Waals surface area contributed by atoms with Crippen molar-refractivity contribution in [1.29, 1.82) is 0 Å². The van der Waals surface area contributed by atoms with E-state index in [4.69, 9.17) is 27.0 Å². The van der Waals surface area contributed by atoms with Crippen LogP contribution in [0.4, 0.5) is 5.69 Å². The molecule has 0 fully saturated rings. The van der Waals surface area contributed by atoms with Crippen molar-refractivity contribution in [1.82, 2.24) is 3.97 Å². The summed E-state index contributed by atoms with van der Waals surface area (Å²) in [5.74, 6) is -1.16. The summed E-state index contributed by atoms with van der Waals surface area (Å²) in [5.41, 5.74) is 10.3. The molecule has 0 radical (unpaired) electrons. The van der Waals surface area contributed by atoms with E-state index < -0.39 is 22.6 Å². The molecule has 0 unspecified atom stereocenters. The molecular weight excluding hydrogens is 572 g/mol. The third-order valence-electron chi connectivity index (χ3n) is 5.05. The van der Waals surface area contributed by atoms with Gasteiger partial charge in [0.2, 0.25) is 0 Å². The fraction of sp³-hybridized carbons (Fsp3) is 0.0417. The number of carbonyl (C=O) groups is 1. The summed E-state index contributed by atoms with van der Waals surface area (Å²) in [5, 5.41) is 13.3. The van der Waals surface area contributed by atoms with Crippen molar-refractivity contribution >= 4 is 72.3 Å². The number of halogens is 2. The normalized spacial score (nSPS) is 11.5. The maximum atomic E-state index is 13.6. The first-order valence-corrected chi connectivity index (χ1v) is 12.8. The number of nitrogens with zero attached hydrogens (tertiary/aromatic N) is 4. The number of aliphatic carboxylic acids is 1. The van der Waals surface area contributed by atoms with Crippen molar-refractivity contribution < 1.29 is 23.1 Å². The largest absolute Gasteiger partial charge is 0.480 e. The van der Waals surface area contributed by atoms with Gasteiger partial charge >= 0.3 is 5.97 Å². The summed E-state index contributed by atoms with van der Waals surface area (Å²) in [7, 11) is -3.96. The Kier molecular flexibility index (Phi) is 7.37. The molecule has 0 aliphatic heterocycles. The molecular formula is C24H16BrClN4O5S. The monoisotopic (exact) mass is 586 g/mol. The smallest absolute Gasteiger partial charge is 0.341 e. The molecule has 0 spiro atoms. The van der Waals surface area contributed by atoms with E-state index in [1.54, 1.807) is 48.6 Å². The van der Waals surface area contributed by atoms with E-state index in [0.717, 1.165) is 0 Å². The Bertz CT molecular complexity index is 1660. The van der Waals surface area contributed by atoms with Gasteiger partial charge in [-0.15, -0.1) is 0 Å². The minimum atomic E-state index is -3.96. The quantitative estimate of drug-likeness (QED) is 0.136. The molecule has 0 aliphatic rings. The van der Waals surface area contributed by atoms with E-state index in [1.165, 1.54) is 28.2 Å². The van der Waals surface area contributed by atoms with E-state index in [0.29, 0.717) is 26.6 Å². The molecule has 3 aromatic carbocycles. The molecule has 0 amide bonds. The molecule has 4 aromatic rings. The average Bonchev–Trinajstić information content (AvgIpc) is 3.22. The van der Waals surface area contributed by atoms with Crippen LogP contribution in [0.5, 0.6) is 5.75 Å². The van der Waals surface area contributed by atoms with Gasteiger partial charge in [-0.1, -0.05) is 63.0 Å². The first kappa shape index (κ1) is 25.3. The predicted octanol–water partition coefficient (Wildman–Crippen LogP) is 6.87. The molecule has 1 heterocycles. The highest BCUT2D eigenvalue weighted by Crippen LogP contribution is 2.35. The number of rotatable bonds is 8. The second-order valence-electron chi connectivity index (χ2n) is 7.40. The summed E-state index contributed by atoms with van der Waals surface area (Å²) in [6, 6.07) is 17.8. The van der Waals surface area contributed by atoms with Crippen LogP contribution in [0.3, 0.4) is 0 Å². The minimum Gasteiger partial charge on any atom is -0.480 e. The van der Waals surface area contributed by atoms with Gasteiger partial charge in [0, 0.05) is 20.5 Å². The molecule has 0 atom stereocenters. The number of benzene rings is 3. The summed E-state index contributed by atoms with van der Waals surface area (Å²) in [6.45, 7) is -0.627. The fourth-order valence-electron chi connectivity index (χ4n) is 3.51. The van der Waals surface area contributed by atoms with Crippen LogP contribution < -0.4 is 4.74 Å². The summed E-state index contributed by atoms with van der Waals surface area (Å²) < 4.78 is 34.3. The van der Waals surface area contributed by atoms with Gasteiger partial charge < -0.3 is 9.84 Å². The molecule has 0 saturated carbocycles. The predicted molar refractivity (Wildman–Crippen MR) is 141 cm³/mol. The fourth-order valence-corrected chi connectivity index (χ4v) is 5.60. The van der Waals surface area contributed by atoms with Crippen molar-refractivity contribution in [2.45, 2.75) is 4.90 Å². The SMILES string of the molecule is [N-]=[N+]=Nc1cc(OCC(=O)O)c(Cl)cc1C=Cc1cc2ccc(Br)cc2n1S(=O)(=O)c1ccccc1. The van der Waals surface area contributed by atoms with Crippen LogP contribution in [0.15, 0.2) is 81.2 Å². The van der Waals surface area contributed by atoms with E-state index in [-0.39, 0.29) is 21.4 Å². The van der Waals surface area contributed by atoms with Crippen molar-refractivity contribution in [2.24, 2.45) is 5.11 Å². The lowest BCUT2D eigenvalue weighted by Gasteiger charge is -2.11. The maximum absolute atomic E-state index is 13.6. The number of carboxylic acid groups (broad SMARTS) is 1. The van der Waals surface area contributed by atoms with Gasteiger partial charge in [0.05, 0.1) is 21.1 Å². The van der Waals surface area contributed by atoms with E-state index >= 15 is 0 Å². The molecule has 12 heteroatoms. The number of hydrogen-bond donors (Lipinski definition) is 1. The molecule has 1 N–H and O–H groups in total. The second-order valence-corrected chi connectivity index (χ2v) is 10.5. The zero-order valence-electron chi connectivity index (χ0n) is 18.2. The van der Waals surface area contributed by atoms with Crippen LogP contribution in [-0.2, 0) is 14.8 Å². The first-order valence-electron chi connectivity index (χ1n) is 10.2. The van der Waals surface area contributed by atoms with Crippen LogP contribution >= 0.6 is 27.5 Å². The third kappa shape index (κ3) is 5.24. The van der Waals surface area contributed by atoms with E-state index in [2.05, 4.69) is 26.0 Å². The number of ether oxygens (including phenoxy) is 1. The highest BCUT2D eigenvalue weighted by atomic mass is 79.9. The molecule has 1 aromatic heterocycles. The Morgan fingerprint density at radius 3 is 2.58 bits per heavy atom. The topological polar surface area (TPSA) is 134 Å². The minimum absolute atomic E-state index is 0.0317. The Hall–Kier alpha value is -3.76. The Balaban J connectivity index is 1.86. The molecule has 9 nitrogen and oxygen atoms in total. The molecule has 0 saturated heterocycles. The Labute approximate surface area is 219 Å². The number of aromatic nitrogens is 1. The highest BCUT2D eigenvalue weighted by molar-refractivity contribution is 9.10. The van der Waals surface area contributed by atoms with Crippen LogP contribution in [0.2, 0.25) is 5.02 Å². The highest BCUT2D eigenvalue weighted by Gasteiger charge is 2.22. The van der Waals surface area contributed by atoms with Gasteiger partial charge in [-0.25, -0.2) is 17.2 Å². The molecule has 0 bridgehead atoms. The second kappa shape index (κ2) is 10.5. The van der Waals surface area contributed by atoms with Gasteiger partial charge in [0.15, 0.2) is 6.61 Å². The zero-order valence-corrected chi connectivity index (χ0v) is 21.4. The van der Waals surface area contributed by atoms with Crippen LogP contribution in [0.1, 0.15) is 11.3 Å². The van der Waals surface area contributed by atoms with Crippen LogP contribution in [-0.4, -0.2) is 30.1 Å². The van der Waals surface area contributed by atoms with Crippen molar-refractivity contribution in [3.63, 3.8) is 0 Å². The summed E-state index contributed by atoms with van der Waals surface area (Å²) in [4.78, 5) is 13.7. The Morgan fingerprint density at radius 1 is 1.14 bits per heavy atom. The standard InChI is InChI=1S/C24H16BrClN4O5S/c25-17-8-6-16-10-18(30(22(16)12-17)36(33,34)19-4-2-1-3-5-19)9-7-15-11-20(26)23(35-14-24(31)32)13-21(15)28-29-27/h1-13H,14H2,(H,31,32). The van der Waals surface area contributed by atoms with Gasteiger partial charge in [0.25, 0.3) is 10.0 Å². The van der Waals surface area contributed by atoms with Gasteiger partial charge in [-0.2, -0.15) is 0 Å². The van der Waals surface area contributed by atoms with E-state index in [9.17, 15) is 13.2 Å². The lowest BCUT2D eigenvalue weighted by Crippen LogP contribution is -2.14. The first-order chi connectivity index (χ1) is 17.2. The molecule has 0 aliphatic carbocycles. The number of fused-ring (bicyclic) bond motifs is 1. The summed E-state index contributed by atoms with van der Waals surface area (Å²) in [6.07, 6.45) is 3.12. The van der Waals surface area contributed by atoms with Crippen LogP contribution in [0.25, 0.3) is 33.5 Å². The molecule has 36 heavy (non-hydrogen) atoms. The van der Waals surface area contributed by atoms with E-state index in [1.807, 2.05) is 6.07 Å². The van der Waals surface area contributed by atoms with Gasteiger partial charge in [-0.05, 0) is 59.6 Å². The van der Waals surface area contributed by atoms with Crippen molar-refractivity contribution in [3.8, 4) is 5.75 Å². The average molecular weight is 588 g/mol. The number of azide groups is 1. The van der Waals surface area contributed by atoms with Crippen LogP contribution in [0, 0.1) is 0 Å². The summed E-state index contributed by atoms with van der Waals surface area (Å²) >= 11 is 9.64. The van der Waals surface area contributed by atoms with Crippen molar-refractivity contribution in [2.75, 3.05) is 6.61 Å². The zero-order chi connectivity index (χ0) is 25.9. The Morgan fingerprint density at radius 2 is 1.89 bits per heavy atom. The number of carboxylic acids is 1. The lowest BCUT2D eigenvalue weighted by atomic mass is 10.1. The van der Waals surface area contributed by atoms with Gasteiger partial charge in [-0.3, -0.25) is 0 Å². The van der Waals surface area contributed by atoms with Gasteiger partial charge in [0.1, 0.15) is 5.75 Å². The lowest BCUT2D eigenvalue weighted by molar-refractivity contribution is -0.139.